The van der Waals surface area contributed by atoms with Crippen LogP contribution < -0.4 is 10.1 Å². The van der Waals surface area contributed by atoms with Crippen LogP contribution in [0.3, 0.4) is 0 Å². The maximum absolute atomic E-state index is 13.7. The highest BCUT2D eigenvalue weighted by atomic mass is 32.2. The lowest BCUT2D eigenvalue weighted by Gasteiger charge is -2.20. The van der Waals surface area contributed by atoms with Gasteiger partial charge in [0.2, 0.25) is 5.91 Å². The first kappa shape index (κ1) is 22.8. The van der Waals surface area contributed by atoms with Crippen LogP contribution in [0.5, 0.6) is 5.75 Å². The van der Waals surface area contributed by atoms with Gasteiger partial charge in [-0.05, 0) is 42.2 Å². The summed E-state index contributed by atoms with van der Waals surface area (Å²) in [6, 6.07) is 14.1. The van der Waals surface area contributed by atoms with Gasteiger partial charge in [0.1, 0.15) is 11.6 Å². The summed E-state index contributed by atoms with van der Waals surface area (Å²) in [7, 11) is 1.83. The third kappa shape index (κ3) is 5.85. The van der Waals surface area contributed by atoms with Crippen LogP contribution in [0.1, 0.15) is 45.2 Å². The van der Waals surface area contributed by atoms with E-state index in [-0.39, 0.29) is 28.9 Å². The Bertz CT molecular complexity index is 1040. The molecule has 0 aliphatic rings. The van der Waals surface area contributed by atoms with E-state index in [1.54, 1.807) is 16.7 Å². The predicted octanol–water partition coefficient (Wildman–Crippen LogP) is 5.12. The smallest absolute Gasteiger partial charge is 0.234 e. The van der Waals surface area contributed by atoms with E-state index in [1.165, 1.54) is 29.5 Å². The molecule has 8 heteroatoms. The van der Waals surface area contributed by atoms with Crippen LogP contribution >= 0.6 is 11.8 Å². The lowest BCUT2D eigenvalue weighted by Crippen LogP contribution is -2.15. The molecule has 2 aromatic carbocycles. The molecule has 0 fully saturated rings. The van der Waals surface area contributed by atoms with Gasteiger partial charge in [-0.15, -0.1) is 10.2 Å². The SMILES string of the molecule is CC(Oc1ccc(C(C)(C)C)cc1)c1nnc(SCC(=O)Nc2ccccc2F)n1C. The Morgan fingerprint density at radius 2 is 1.84 bits per heavy atom. The van der Waals surface area contributed by atoms with Crippen molar-refractivity contribution in [2.75, 3.05) is 11.1 Å². The van der Waals surface area contributed by atoms with Crippen molar-refractivity contribution in [1.29, 1.82) is 0 Å². The lowest BCUT2D eigenvalue weighted by molar-refractivity contribution is -0.113. The molecule has 0 aliphatic carbocycles. The second-order valence-electron chi connectivity index (χ2n) is 8.25. The number of carbonyl (C=O) groups excluding carboxylic acids is 1. The van der Waals surface area contributed by atoms with Gasteiger partial charge in [-0.2, -0.15) is 0 Å². The van der Waals surface area contributed by atoms with Crippen LogP contribution in [0.4, 0.5) is 10.1 Å². The lowest BCUT2D eigenvalue weighted by atomic mass is 9.87. The number of hydrogen-bond donors (Lipinski definition) is 1. The van der Waals surface area contributed by atoms with Gasteiger partial charge < -0.3 is 14.6 Å². The number of nitrogens with one attached hydrogen (secondary N) is 1. The zero-order valence-corrected chi connectivity index (χ0v) is 19.2. The monoisotopic (exact) mass is 442 g/mol. The molecule has 1 atom stereocenters. The summed E-state index contributed by atoms with van der Waals surface area (Å²) in [5.41, 5.74) is 1.48. The zero-order valence-electron chi connectivity index (χ0n) is 18.3. The average Bonchev–Trinajstić information content (AvgIpc) is 3.08. The molecule has 0 radical (unpaired) electrons. The number of nitrogens with zero attached hydrogens (tertiary/aromatic N) is 3. The number of rotatable bonds is 7. The molecule has 3 rings (SSSR count). The van der Waals surface area contributed by atoms with Gasteiger partial charge in [-0.1, -0.05) is 56.8 Å². The molecule has 164 valence electrons. The van der Waals surface area contributed by atoms with Crippen molar-refractivity contribution < 1.29 is 13.9 Å². The quantitative estimate of drug-likeness (QED) is 0.514. The molecule has 0 bridgehead atoms. The fourth-order valence-electron chi connectivity index (χ4n) is 2.98. The number of anilines is 1. The van der Waals surface area contributed by atoms with Crippen molar-refractivity contribution in [1.82, 2.24) is 14.8 Å². The zero-order chi connectivity index (χ0) is 22.6. The van der Waals surface area contributed by atoms with Crippen molar-refractivity contribution >= 4 is 23.4 Å². The molecular formula is C23H27FN4O2S. The minimum absolute atomic E-state index is 0.0818. The van der Waals surface area contributed by atoms with Gasteiger partial charge in [-0.3, -0.25) is 4.79 Å². The first-order valence-electron chi connectivity index (χ1n) is 9.99. The van der Waals surface area contributed by atoms with E-state index in [4.69, 9.17) is 4.74 Å². The summed E-state index contributed by atoms with van der Waals surface area (Å²) in [6.45, 7) is 8.41. The predicted molar refractivity (Wildman–Crippen MR) is 121 cm³/mol. The van der Waals surface area contributed by atoms with Crippen molar-refractivity contribution in [3.63, 3.8) is 0 Å². The van der Waals surface area contributed by atoms with Crippen LogP contribution in [0.15, 0.2) is 53.7 Å². The van der Waals surface area contributed by atoms with E-state index in [0.29, 0.717) is 11.0 Å². The van der Waals surface area contributed by atoms with Crippen LogP contribution in [0, 0.1) is 5.82 Å². The second kappa shape index (κ2) is 9.51. The number of amides is 1. The molecule has 1 aromatic heterocycles. The van der Waals surface area contributed by atoms with Crippen LogP contribution in [-0.4, -0.2) is 26.4 Å². The third-order valence-corrected chi connectivity index (χ3v) is 5.77. The summed E-state index contributed by atoms with van der Waals surface area (Å²) >= 11 is 1.23. The highest BCUT2D eigenvalue weighted by molar-refractivity contribution is 7.99. The summed E-state index contributed by atoms with van der Waals surface area (Å²) in [4.78, 5) is 12.1. The Labute approximate surface area is 186 Å². The number of para-hydroxylation sites is 1. The topological polar surface area (TPSA) is 69.0 Å². The van der Waals surface area contributed by atoms with Crippen LogP contribution in [-0.2, 0) is 17.3 Å². The van der Waals surface area contributed by atoms with Crippen molar-refractivity contribution in [3.05, 3.63) is 65.7 Å². The van der Waals surface area contributed by atoms with Crippen molar-refractivity contribution in [2.24, 2.45) is 7.05 Å². The van der Waals surface area contributed by atoms with E-state index in [2.05, 4.69) is 48.4 Å². The summed E-state index contributed by atoms with van der Waals surface area (Å²) in [5.74, 6) is 0.703. The fraction of sp³-hybridized carbons (Fsp3) is 0.348. The molecule has 31 heavy (non-hydrogen) atoms. The number of aromatic nitrogens is 3. The van der Waals surface area contributed by atoms with Gasteiger partial charge in [0.25, 0.3) is 0 Å². The molecule has 1 N–H and O–H groups in total. The number of halogens is 1. The first-order valence-corrected chi connectivity index (χ1v) is 11.0. The highest BCUT2D eigenvalue weighted by Crippen LogP contribution is 2.27. The minimum atomic E-state index is -0.469. The van der Waals surface area contributed by atoms with Crippen LogP contribution in [0.2, 0.25) is 0 Å². The van der Waals surface area contributed by atoms with E-state index in [9.17, 15) is 9.18 Å². The number of ether oxygens (including phenoxy) is 1. The minimum Gasteiger partial charge on any atom is -0.483 e. The standard InChI is InChI=1S/C23H27FN4O2S/c1-15(30-17-12-10-16(11-13-17)23(2,3)4)21-26-27-22(28(21)5)31-14-20(29)25-19-9-7-6-8-18(19)24/h6-13,15H,14H2,1-5H3,(H,25,29). The number of thioether (sulfide) groups is 1. The summed E-state index contributed by atoms with van der Waals surface area (Å²) in [6.07, 6.45) is -0.320. The molecule has 0 spiro atoms. The van der Waals surface area contributed by atoms with Gasteiger partial charge in [0.05, 0.1) is 11.4 Å². The number of benzene rings is 2. The van der Waals surface area contributed by atoms with Gasteiger partial charge in [0.15, 0.2) is 17.1 Å². The molecule has 1 heterocycles. The summed E-state index contributed by atoms with van der Waals surface area (Å²) < 4.78 is 21.5. The molecule has 0 saturated heterocycles. The molecule has 1 amide bonds. The van der Waals surface area contributed by atoms with Crippen LogP contribution in [0.25, 0.3) is 0 Å². The van der Waals surface area contributed by atoms with Crippen molar-refractivity contribution in [2.45, 2.75) is 44.4 Å². The molecular weight excluding hydrogens is 415 g/mol. The van der Waals surface area contributed by atoms with Crippen molar-refractivity contribution in [3.8, 4) is 5.75 Å². The fourth-order valence-corrected chi connectivity index (χ4v) is 3.69. The molecule has 0 aliphatic heterocycles. The third-order valence-electron chi connectivity index (χ3n) is 4.75. The van der Waals surface area contributed by atoms with E-state index in [1.807, 2.05) is 26.1 Å². The Morgan fingerprint density at radius 1 is 1.16 bits per heavy atom. The molecule has 3 aromatic rings. The number of carbonyl (C=O) groups is 1. The number of hydrogen-bond acceptors (Lipinski definition) is 5. The van der Waals surface area contributed by atoms with Gasteiger partial charge in [-0.25, -0.2) is 4.39 Å². The molecule has 0 saturated carbocycles. The summed E-state index contributed by atoms with van der Waals surface area (Å²) in [5, 5.41) is 11.5. The second-order valence-corrected chi connectivity index (χ2v) is 9.19. The molecule has 1 unspecified atom stereocenters. The Balaban J connectivity index is 1.59. The maximum atomic E-state index is 13.7. The maximum Gasteiger partial charge on any atom is 0.234 e. The largest absolute Gasteiger partial charge is 0.483 e. The van der Waals surface area contributed by atoms with E-state index < -0.39 is 5.82 Å². The Hall–Kier alpha value is -2.87. The normalized spacial score (nSPS) is 12.5. The highest BCUT2D eigenvalue weighted by Gasteiger charge is 2.19. The average molecular weight is 443 g/mol. The first-order chi connectivity index (χ1) is 14.6. The Morgan fingerprint density at radius 3 is 2.48 bits per heavy atom. The molecule has 6 nitrogen and oxygen atoms in total. The van der Waals surface area contributed by atoms with E-state index >= 15 is 0 Å². The Kier molecular flexibility index (Phi) is 7.00. The van der Waals surface area contributed by atoms with Gasteiger partial charge in [0, 0.05) is 7.05 Å². The van der Waals surface area contributed by atoms with Gasteiger partial charge >= 0.3 is 0 Å². The van der Waals surface area contributed by atoms with E-state index in [0.717, 1.165) is 5.75 Å².